The van der Waals surface area contributed by atoms with E-state index < -0.39 is 12.2 Å². The number of hydrogen-bond acceptors (Lipinski definition) is 7. The molecule has 10 heteroatoms. The van der Waals surface area contributed by atoms with E-state index in [1.54, 1.807) is 13.8 Å². The number of nitrogens with zero attached hydrogens (tertiary/aromatic N) is 2. The molecule has 0 bridgehead atoms. The Bertz CT molecular complexity index is 343. The van der Waals surface area contributed by atoms with Crippen molar-refractivity contribution in [3.05, 3.63) is 0 Å². The zero-order valence-corrected chi connectivity index (χ0v) is 13.1. The summed E-state index contributed by atoms with van der Waals surface area (Å²) in [5.74, 6) is 0. The van der Waals surface area contributed by atoms with E-state index in [1.807, 2.05) is 6.26 Å². The van der Waals surface area contributed by atoms with Crippen LogP contribution in [-0.4, -0.2) is 42.6 Å². The summed E-state index contributed by atoms with van der Waals surface area (Å²) in [6.45, 7) is 3.36. The van der Waals surface area contributed by atoms with Crippen LogP contribution >= 0.6 is 24.4 Å². The molecule has 110 valence electrons. The van der Waals surface area contributed by atoms with Gasteiger partial charge in [0.25, 0.3) is 0 Å². The second-order valence-electron chi connectivity index (χ2n) is 2.71. The number of thioether (sulfide) groups is 1. The van der Waals surface area contributed by atoms with Crippen LogP contribution in [0.15, 0.2) is 10.3 Å². The van der Waals surface area contributed by atoms with Crippen LogP contribution in [0.5, 0.6) is 0 Å². The number of rotatable bonds is 2. The first-order valence-electron chi connectivity index (χ1n) is 4.96. The van der Waals surface area contributed by atoms with Crippen molar-refractivity contribution >= 4 is 46.7 Å². The Hall–Kier alpha value is -1.42. The lowest BCUT2D eigenvalue weighted by Crippen LogP contribution is -2.16. The minimum atomic E-state index is -0.594. The molecule has 0 rings (SSSR count). The van der Waals surface area contributed by atoms with Crippen molar-refractivity contribution in [3.8, 4) is 0 Å². The van der Waals surface area contributed by atoms with E-state index >= 15 is 0 Å². The topological polar surface area (TPSA) is 101 Å². The summed E-state index contributed by atoms with van der Waals surface area (Å²) in [6, 6.07) is 0. The van der Waals surface area contributed by atoms with Gasteiger partial charge >= 0.3 is 12.2 Å². The van der Waals surface area contributed by atoms with Crippen LogP contribution in [0.25, 0.3) is 0 Å². The molecule has 2 N–H and O–H groups in total. The van der Waals surface area contributed by atoms with Crippen molar-refractivity contribution in [1.82, 2.24) is 10.6 Å². The molecule has 0 saturated carbocycles. The minimum absolute atomic E-state index is 0.401. The smallest absolute Gasteiger partial charge is 0.323 e. The van der Waals surface area contributed by atoms with Crippen LogP contribution in [-0.2, 0) is 9.68 Å². The molecule has 0 saturated heterocycles. The van der Waals surface area contributed by atoms with Gasteiger partial charge in [0.1, 0.15) is 10.1 Å². The van der Waals surface area contributed by atoms with Gasteiger partial charge < -0.3 is 10.6 Å². The average Bonchev–Trinajstić information content (AvgIpc) is 2.41. The number of carbonyl (C=O) groups is 2. The largest absolute Gasteiger partial charge is 0.433 e. The predicted octanol–water partition coefficient (Wildman–Crippen LogP) is 1.64. The highest BCUT2D eigenvalue weighted by Gasteiger charge is 1.94. The zero-order valence-electron chi connectivity index (χ0n) is 11.4. The number of thiol groups is 1. The Labute approximate surface area is 121 Å². The van der Waals surface area contributed by atoms with E-state index in [2.05, 4.69) is 43.2 Å². The van der Waals surface area contributed by atoms with Gasteiger partial charge in [-0.15, -0.1) is 24.4 Å². The molecular formula is C9H18N4O4S2. The molecule has 0 fully saturated rings. The number of amides is 2. The van der Waals surface area contributed by atoms with Crippen LogP contribution in [0.2, 0.25) is 0 Å². The molecule has 0 radical (unpaired) electrons. The summed E-state index contributed by atoms with van der Waals surface area (Å²) in [5, 5.41) is 12.3. The van der Waals surface area contributed by atoms with Crippen LogP contribution < -0.4 is 10.6 Å². The molecule has 0 heterocycles. The number of hydrogen-bond donors (Lipinski definition) is 3. The van der Waals surface area contributed by atoms with E-state index in [0.29, 0.717) is 10.1 Å². The van der Waals surface area contributed by atoms with Gasteiger partial charge in [-0.3, -0.25) is 9.68 Å². The first-order valence-corrected chi connectivity index (χ1v) is 6.64. The van der Waals surface area contributed by atoms with Gasteiger partial charge in [0.15, 0.2) is 0 Å². The normalized spacial score (nSPS) is 10.8. The molecule has 8 nitrogen and oxygen atoms in total. The minimum Gasteiger partial charge on any atom is -0.323 e. The molecule has 0 aliphatic rings. The molecular weight excluding hydrogens is 292 g/mol. The average molecular weight is 310 g/mol. The number of nitrogens with one attached hydrogen (secondary N) is 2. The van der Waals surface area contributed by atoms with Crippen LogP contribution in [0.4, 0.5) is 9.59 Å². The Morgan fingerprint density at radius 1 is 1.05 bits per heavy atom. The summed E-state index contributed by atoms with van der Waals surface area (Å²) < 4.78 is 0. The fourth-order valence-corrected chi connectivity index (χ4v) is 0.494. The van der Waals surface area contributed by atoms with Crippen molar-refractivity contribution in [2.24, 2.45) is 10.3 Å². The number of oxime groups is 2. The lowest BCUT2D eigenvalue weighted by atomic mass is 10.9. The molecule has 0 aliphatic heterocycles. The van der Waals surface area contributed by atoms with Gasteiger partial charge in [-0.2, -0.15) is 0 Å². The highest BCUT2D eigenvalue weighted by Crippen LogP contribution is 1.96. The van der Waals surface area contributed by atoms with Crippen molar-refractivity contribution in [2.75, 3.05) is 20.4 Å². The SMILES string of the molecule is CNC(=O)O/N=C(\C)S.CNC(=O)O/N=C(\C)SC. The van der Waals surface area contributed by atoms with Crippen molar-refractivity contribution < 1.29 is 19.3 Å². The fourth-order valence-electron chi connectivity index (χ4n) is 0.342. The second kappa shape index (κ2) is 13.0. The van der Waals surface area contributed by atoms with E-state index in [4.69, 9.17) is 0 Å². The third-order valence-corrected chi connectivity index (χ3v) is 1.97. The fraction of sp³-hybridized carbons (Fsp3) is 0.556. The first-order chi connectivity index (χ1) is 8.87. The highest BCUT2D eigenvalue weighted by atomic mass is 32.2. The molecule has 0 aromatic rings. The molecule has 0 unspecified atom stereocenters. The predicted molar refractivity (Wildman–Crippen MR) is 79.8 cm³/mol. The highest BCUT2D eigenvalue weighted by molar-refractivity contribution is 8.13. The molecule has 0 atom stereocenters. The summed E-state index contributed by atoms with van der Waals surface area (Å²) in [4.78, 5) is 29.2. The summed E-state index contributed by atoms with van der Waals surface area (Å²) in [6.07, 6.45) is 0.711. The Morgan fingerprint density at radius 2 is 1.47 bits per heavy atom. The Morgan fingerprint density at radius 3 is 1.79 bits per heavy atom. The first kappa shape index (κ1) is 19.9. The van der Waals surface area contributed by atoms with E-state index in [1.165, 1.54) is 25.9 Å². The summed E-state index contributed by atoms with van der Waals surface area (Å²) >= 11 is 5.18. The molecule has 0 aromatic carbocycles. The van der Waals surface area contributed by atoms with E-state index in [9.17, 15) is 9.59 Å². The zero-order chi connectivity index (χ0) is 15.3. The molecule has 0 aliphatic carbocycles. The quantitative estimate of drug-likeness (QED) is 0.237. The molecule has 2 amide bonds. The maximum Gasteiger partial charge on any atom is 0.433 e. The third-order valence-electron chi connectivity index (χ3n) is 1.22. The molecule has 0 spiro atoms. The molecule has 19 heavy (non-hydrogen) atoms. The van der Waals surface area contributed by atoms with Crippen LogP contribution in [0, 0.1) is 0 Å². The number of carbonyl (C=O) groups excluding carboxylic acids is 2. The van der Waals surface area contributed by atoms with Gasteiger partial charge in [0.2, 0.25) is 0 Å². The lowest BCUT2D eigenvalue weighted by Gasteiger charge is -1.95. The Kier molecular flexibility index (Phi) is 13.6. The van der Waals surface area contributed by atoms with Crippen molar-refractivity contribution in [1.29, 1.82) is 0 Å². The van der Waals surface area contributed by atoms with Crippen LogP contribution in [0.1, 0.15) is 13.8 Å². The van der Waals surface area contributed by atoms with Gasteiger partial charge in [0.05, 0.1) is 0 Å². The second-order valence-corrected chi connectivity index (χ2v) is 4.36. The van der Waals surface area contributed by atoms with Gasteiger partial charge in [-0.25, -0.2) is 9.59 Å². The van der Waals surface area contributed by atoms with Gasteiger partial charge in [0, 0.05) is 14.1 Å². The van der Waals surface area contributed by atoms with Crippen molar-refractivity contribution in [3.63, 3.8) is 0 Å². The summed E-state index contributed by atoms with van der Waals surface area (Å²) in [7, 11) is 2.93. The maximum absolute atomic E-state index is 10.4. The molecule has 0 aromatic heterocycles. The van der Waals surface area contributed by atoms with Gasteiger partial charge in [-0.1, -0.05) is 10.3 Å². The van der Waals surface area contributed by atoms with Crippen molar-refractivity contribution in [2.45, 2.75) is 13.8 Å². The van der Waals surface area contributed by atoms with E-state index in [0.717, 1.165) is 0 Å². The standard InChI is InChI=1S/C5H10N2O2S.C4H8N2O2S/c1-4(10-3)7-9-5(8)6-2;1-3(9)6-8-4(7)5-2/h1-3H3,(H,6,8);1-2H3,(H,5,7)(H,6,9)/b7-4+;. The maximum atomic E-state index is 10.4. The third kappa shape index (κ3) is 16.6. The van der Waals surface area contributed by atoms with Gasteiger partial charge in [-0.05, 0) is 20.1 Å². The Balaban J connectivity index is 0. The monoisotopic (exact) mass is 310 g/mol. The van der Waals surface area contributed by atoms with E-state index in [-0.39, 0.29) is 0 Å². The summed E-state index contributed by atoms with van der Waals surface area (Å²) in [5.41, 5.74) is 0. The lowest BCUT2D eigenvalue weighted by molar-refractivity contribution is 0.152. The van der Waals surface area contributed by atoms with Crippen LogP contribution in [0.3, 0.4) is 0 Å².